The molecule has 0 N–H and O–H groups in total. The Kier molecular flexibility index (Phi) is 3.52. The van der Waals surface area contributed by atoms with Crippen molar-refractivity contribution in [2.24, 2.45) is 0 Å². The second kappa shape index (κ2) is 6.10. The van der Waals surface area contributed by atoms with Gasteiger partial charge in [-0.1, -0.05) is 60.1 Å². The molecular formula is C25H15ClOS. The van der Waals surface area contributed by atoms with Gasteiger partial charge in [-0.25, -0.2) is 0 Å². The fraction of sp³-hybridized carbons (Fsp3) is 0.0400. The second-order valence-corrected chi connectivity index (χ2v) is 8.55. The lowest BCUT2D eigenvalue weighted by Crippen LogP contribution is -1.92. The van der Waals surface area contributed by atoms with Crippen LogP contribution in [-0.2, 0) is 6.42 Å². The average molecular weight is 399 g/mol. The van der Waals surface area contributed by atoms with E-state index < -0.39 is 0 Å². The van der Waals surface area contributed by atoms with Crippen LogP contribution >= 0.6 is 22.9 Å². The molecule has 0 fully saturated rings. The van der Waals surface area contributed by atoms with Gasteiger partial charge in [0, 0.05) is 42.4 Å². The van der Waals surface area contributed by atoms with Crippen molar-refractivity contribution in [1.29, 1.82) is 0 Å². The van der Waals surface area contributed by atoms with Crippen LogP contribution in [0.1, 0.15) is 11.1 Å². The van der Waals surface area contributed by atoms with Crippen molar-refractivity contribution in [2.75, 3.05) is 0 Å². The largest absolute Gasteiger partial charge is 0.456 e. The van der Waals surface area contributed by atoms with Gasteiger partial charge >= 0.3 is 0 Å². The topological polar surface area (TPSA) is 13.1 Å². The van der Waals surface area contributed by atoms with Gasteiger partial charge < -0.3 is 4.42 Å². The third kappa shape index (κ3) is 2.32. The maximum Gasteiger partial charge on any atom is 0.135 e. The molecule has 0 aliphatic rings. The van der Waals surface area contributed by atoms with E-state index in [2.05, 4.69) is 54.6 Å². The zero-order valence-corrected chi connectivity index (χ0v) is 16.5. The average Bonchev–Trinajstić information content (AvgIpc) is 3.29. The smallest absolute Gasteiger partial charge is 0.135 e. The Bertz CT molecular complexity index is 1510. The van der Waals surface area contributed by atoms with E-state index in [4.69, 9.17) is 16.0 Å². The Morgan fingerprint density at radius 3 is 2.39 bits per heavy atom. The highest BCUT2D eigenvalue weighted by atomic mass is 35.5. The van der Waals surface area contributed by atoms with E-state index in [1.165, 1.54) is 25.7 Å². The van der Waals surface area contributed by atoms with Crippen LogP contribution in [0, 0.1) is 0 Å². The zero-order chi connectivity index (χ0) is 18.7. The predicted octanol–water partition coefficient (Wildman–Crippen LogP) is 8.20. The molecule has 0 spiro atoms. The van der Waals surface area contributed by atoms with Crippen molar-refractivity contribution < 1.29 is 4.42 Å². The number of hydrogen-bond donors (Lipinski definition) is 0. The minimum atomic E-state index is 0.776. The number of fused-ring (bicyclic) bond motifs is 6. The molecule has 0 unspecified atom stereocenters. The van der Waals surface area contributed by atoms with E-state index in [0.29, 0.717) is 0 Å². The standard InChI is InChI=1S/C25H15ClOS/c26-19-12-13-21-25(16-7-1-3-9-20(16)27-21)18(19)14-15-6-5-11-23-24(15)17-8-2-4-10-22(17)28-23/h1-13H,14H2. The highest BCUT2D eigenvalue weighted by molar-refractivity contribution is 7.25. The molecule has 0 aliphatic heterocycles. The molecule has 6 rings (SSSR count). The Balaban J connectivity index is 1.65. The summed E-state index contributed by atoms with van der Waals surface area (Å²) in [7, 11) is 0. The summed E-state index contributed by atoms with van der Waals surface area (Å²) in [5.74, 6) is 0. The third-order valence-electron chi connectivity index (χ3n) is 5.45. The van der Waals surface area contributed by atoms with E-state index in [-0.39, 0.29) is 0 Å². The lowest BCUT2D eigenvalue weighted by atomic mass is 9.96. The van der Waals surface area contributed by atoms with Gasteiger partial charge in [-0.15, -0.1) is 11.3 Å². The fourth-order valence-electron chi connectivity index (χ4n) is 4.22. The van der Waals surface area contributed by atoms with Gasteiger partial charge in [0.05, 0.1) is 0 Å². The van der Waals surface area contributed by atoms with E-state index in [1.807, 2.05) is 35.6 Å². The first kappa shape index (κ1) is 16.2. The summed E-state index contributed by atoms with van der Waals surface area (Å²) in [6.07, 6.45) is 0.776. The van der Waals surface area contributed by atoms with Crippen molar-refractivity contribution in [3.8, 4) is 0 Å². The molecule has 2 heterocycles. The number of rotatable bonds is 2. The Hall–Kier alpha value is -2.81. The van der Waals surface area contributed by atoms with Crippen molar-refractivity contribution in [3.05, 3.63) is 95.0 Å². The Labute approximate surface area is 170 Å². The van der Waals surface area contributed by atoms with Crippen molar-refractivity contribution in [3.63, 3.8) is 0 Å². The Morgan fingerprint density at radius 1 is 0.679 bits per heavy atom. The van der Waals surface area contributed by atoms with Crippen LogP contribution in [0.15, 0.2) is 83.3 Å². The molecule has 134 valence electrons. The normalized spacial score (nSPS) is 11.9. The van der Waals surface area contributed by atoms with Gasteiger partial charge in [0.2, 0.25) is 0 Å². The van der Waals surface area contributed by atoms with Gasteiger partial charge in [0.1, 0.15) is 11.2 Å². The van der Waals surface area contributed by atoms with Crippen LogP contribution in [0.5, 0.6) is 0 Å². The molecule has 1 nitrogen and oxygen atoms in total. The van der Waals surface area contributed by atoms with Crippen LogP contribution in [0.3, 0.4) is 0 Å². The monoisotopic (exact) mass is 398 g/mol. The zero-order valence-electron chi connectivity index (χ0n) is 14.9. The third-order valence-corrected chi connectivity index (χ3v) is 6.94. The van der Waals surface area contributed by atoms with Crippen molar-refractivity contribution in [1.82, 2.24) is 0 Å². The lowest BCUT2D eigenvalue weighted by molar-refractivity contribution is 0.668. The molecule has 4 aromatic carbocycles. The van der Waals surface area contributed by atoms with Crippen LogP contribution < -0.4 is 0 Å². The summed E-state index contributed by atoms with van der Waals surface area (Å²) in [5, 5.41) is 5.69. The van der Waals surface area contributed by atoms with E-state index in [9.17, 15) is 0 Å². The summed E-state index contributed by atoms with van der Waals surface area (Å²) in [4.78, 5) is 0. The fourth-order valence-corrected chi connectivity index (χ4v) is 5.60. The number of benzene rings is 4. The van der Waals surface area contributed by atoms with E-state index >= 15 is 0 Å². The van der Waals surface area contributed by atoms with Crippen molar-refractivity contribution in [2.45, 2.75) is 6.42 Å². The quantitative estimate of drug-likeness (QED) is 0.286. The Morgan fingerprint density at radius 2 is 1.46 bits per heavy atom. The first-order chi connectivity index (χ1) is 13.8. The van der Waals surface area contributed by atoms with E-state index in [1.54, 1.807) is 0 Å². The molecule has 0 amide bonds. The van der Waals surface area contributed by atoms with Crippen LogP contribution in [0.25, 0.3) is 42.1 Å². The summed E-state index contributed by atoms with van der Waals surface area (Å²) < 4.78 is 8.71. The molecule has 2 aromatic heterocycles. The van der Waals surface area contributed by atoms with Gasteiger partial charge in [-0.05, 0) is 41.5 Å². The second-order valence-electron chi connectivity index (χ2n) is 7.06. The summed E-state index contributed by atoms with van der Waals surface area (Å²) in [5.41, 5.74) is 4.23. The van der Waals surface area contributed by atoms with Crippen LogP contribution in [0.2, 0.25) is 5.02 Å². The van der Waals surface area contributed by atoms with E-state index in [0.717, 1.165) is 38.9 Å². The molecule has 0 atom stereocenters. The summed E-state index contributed by atoms with van der Waals surface area (Å²) in [6, 6.07) is 27.3. The number of halogens is 1. The van der Waals surface area contributed by atoms with Crippen molar-refractivity contribution >= 4 is 65.0 Å². The lowest BCUT2D eigenvalue weighted by Gasteiger charge is -2.09. The van der Waals surface area contributed by atoms with Crippen LogP contribution in [-0.4, -0.2) is 0 Å². The number of thiophene rings is 1. The van der Waals surface area contributed by atoms with Crippen LogP contribution in [0.4, 0.5) is 0 Å². The maximum absolute atomic E-state index is 6.71. The van der Waals surface area contributed by atoms with Gasteiger partial charge in [0.25, 0.3) is 0 Å². The molecule has 0 radical (unpaired) electrons. The highest BCUT2D eigenvalue weighted by Gasteiger charge is 2.16. The summed E-state index contributed by atoms with van der Waals surface area (Å²) >= 11 is 8.56. The highest BCUT2D eigenvalue weighted by Crippen LogP contribution is 2.40. The molecule has 0 saturated heterocycles. The predicted molar refractivity (Wildman–Crippen MR) is 121 cm³/mol. The minimum absolute atomic E-state index is 0.776. The first-order valence-electron chi connectivity index (χ1n) is 9.27. The van der Waals surface area contributed by atoms with Gasteiger partial charge in [-0.2, -0.15) is 0 Å². The first-order valence-corrected chi connectivity index (χ1v) is 10.5. The SMILES string of the molecule is Clc1ccc2oc3ccccc3c2c1Cc1cccc2sc3ccccc3c12. The van der Waals surface area contributed by atoms with Gasteiger partial charge in [0.15, 0.2) is 0 Å². The number of hydrogen-bond acceptors (Lipinski definition) is 2. The molecule has 6 aromatic rings. The number of furan rings is 1. The molecular weight excluding hydrogens is 384 g/mol. The van der Waals surface area contributed by atoms with Gasteiger partial charge in [-0.3, -0.25) is 0 Å². The molecule has 0 bridgehead atoms. The molecule has 0 aliphatic carbocycles. The molecule has 3 heteroatoms. The summed E-state index contributed by atoms with van der Waals surface area (Å²) in [6.45, 7) is 0. The molecule has 0 saturated carbocycles. The molecule has 28 heavy (non-hydrogen) atoms. The number of para-hydroxylation sites is 1. The maximum atomic E-state index is 6.71. The minimum Gasteiger partial charge on any atom is -0.456 e.